The van der Waals surface area contributed by atoms with Crippen molar-refractivity contribution in [3.8, 4) is 50.5 Å². The molecule has 2 heteroatoms. The third kappa shape index (κ3) is 4.92. The molecular formula is C49H32N2. The smallest absolute Gasteiger partial charge is 0.145 e. The van der Waals surface area contributed by atoms with Crippen molar-refractivity contribution in [3.05, 3.63) is 194 Å². The Morgan fingerprint density at radius 3 is 1.65 bits per heavy atom. The molecular weight excluding hydrogens is 617 g/mol. The monoisotopic (exact) mass is 648 g/mol. The van der Waals surface area contributed by atoms with E-state index in [0.29, 0.717) is 0 Å². The number of imidazole rings is 1. The molecule has 0 radical (unpaired) electrons. The fourth-order valence-corrected chi connectivity index (χ4v) is 7.80. The molecule has 9 aromatic carbocycles. The molecule has 0 unspecified atom stereocenters. The van der Waals surface area contributed by atoms with Gasteiger partial charge in [0, 0.05) is 11.3 Å². The summed E-state index contributed by atoms with van der Waals surface area (Å²) in [7, 11) is 0. The van der Waals surface area contributed by atoms with Crippen LogP contribution in [0.5, 0.6) is 0 Å². The highest BCUT2D eigenvalue weighted by Gasteiger charge is 2.19. The van der Waals surface area contributed by atoms with Crippen molar-refractivity contribution in [1.82, 2.24) is 9.55 Å². The molecule has 0 spiro atoms. The van der Waals surface area contributed by atoms with Gasteiger partial charge in [-0.3, -0.25) is 4.57 Å². The molecule has 1 heterocycles. The van der Waals surface area contributed by atoms with E-state index in [1.54, 1.807) is 0 Å². The van der Waals surface area contributed by atoms with E-state index >= 15 is 0 Å². The van der Waals surface area contributed by atoms with Crippen molar-refractivity contribution in [2.45, 2.75) is 0 Å². The highest BCUT2D eigenvalue weighted by molar-refractivity contribution is 6.22. The molecule has 10 rings (SSSR count). The van der Waals surface area contributed by atoms with E-state index in [4.69, 9.17) is 4.98 Å². The third-order valence-electron chi connectivity index (χ3n) is 10.2. The quantitative estimate of drug-likeness (QED) is 0.170. The average Bonchev–Trinajstić information content (AvgIpc) is 3.60. The Hall–Kier alpha value is -6.77. The summed E-state index contributed by atoms with van der Waals surface area (Å²) < 4.78 is 2.30. The van der Waals surface area contributed by atoms with Gasteiger partial charge in [0.15, 0.2) is 0 Å². The molecule has 0 saturated carbocycles. The zero-order chi connectivity index (χ0) is 33.7. The van der Waals surface area contributed by atoms with Crippen LogP contribution in [0.3, 0.4) is 0 Å². The molecule has 0 bridgehead atoms. The van der Waals surface area contributed by atoms with Crippen molar-refractivity contribution in [1.29, 1.82) is 0 Å². The number of aromatic nitrogens is 2. The van der Waals surface area contributed by atoms with Crippen molar-refractivity contribution < 1.29 is 0 Å². The maximum atomic E-state index is 5.16. The standard InChI is InChI=1S/C49H32N2/c1-3-13-33(14-4-1)38-27-30-43-44(32-38)48(35-16-5-2-6-17-35)42-20-10-9-19-41(42)47(43)36-25-28-40(29-26-36)51-46-22-12-11-21-45(46)50-49(51)39-24-23-34-15-7-8-18-37(34)31-39/h1-32H. The molecule has 2 nitrogen and oxygen atoms in total. The number of fused-ring (bicyclic) bond motifs is 4. The maximum Gasteiger partial charge on any atom is 0.145 e. The number of hydrogen-bond donors (Lipinski definition) is 0. The second-order valence-corrected chi connectivity index (χ2v) is 13.2. The van der Waals surface area contributed by atoms with Crippen LogP contribution in [0.1, 0.15) is 0 Å². The van der Waals surface area contributed by atoms with Crippen LogP contribution in [0.2, 0.25) is 0 Å². The van der Waals surface area contributed by atoms with E-state index < -0.39 is 0 Å². The van der Waals surface area contributed by atoms with Gasteiger partial charge in [0.1, 0.15) is 5.82 Å². The number of nitrogens with zero attached hydrogens (tertiary/aromatic N) is 2. The van der Waals surface area contributed by atoms with Crippen molar-refractivity contribution >= 4 is 43.4 Å². The molecule has 51 heavy (non-hydrogen) atoms. The van der Waals surface area contributed by atoms with E-state index in [0.717, 1.165) is 28.1 Å². The van der Waals surface area contributed by atoms with Crippen LogP contribution in [0.25, 0.3) is 93.8 Å². The van der Waals surface area contributed by atoms with Crippen LogP contribution in [0.4, 0.5) is 0 Å². The Balaban J connectivity index is 1.19. The molecule has 1 aromatic heterocycles. The molecule has 0 N–H and O–H groups in total. The fourth-order valence-electron chi connectivity index (χ4n) is 7.80. The molecule has 0 aliphatic carbocycles. The van der Waals surface area contributed by atoms with Gasteiger partial charge in [-0.2, -0.15) is 0 Å². The molecule has 0 atom stereocenters. The topological polar surface area (TPSA) is 17.8 Å². The van der Waals surface area contributed by atoms with Crippen molar-refractivity contribution in [2.24, 2.45) is 0 Å². The van der Waals surface area contributed by atoms with Crippen LogP contribution in [0.15, 0.2) is 194 Å². The zero-order valence-electron chi connectivity index (χ0n) is 27.9. The summed E-state index contributed by atoms with van der Waals surface area (Å²) in [6.45, 7) is 0. The first-order valence-electron chi connectivity index (χ1n) is 17.5. The summed E-state index contributed by atoms with van der Waals surface area (Å²) in [4.78, 5) is 5.16. The van der Waals surface area contributed by atoms with Crippen LogP contribution in [-0.2, 0) is 0 Å². The second-order valence-electron chi connectivity index (χ2n) is 13.2. The Labute approximate surface area is 296 Å². The number of rotatable bonds is 5. The first-order valence-corrected chi connectivity index (χ1v) is 17.5. The minimum atomic E-state index is 0.936. The Morgan fingerprint density at radius 2 is 0.882 bits per heavy atom. The molecule has 0 saturated heterocycles. The SMILES string of the molecule is c1ccc(-c2ccc3c(-c4ccc(-n5c(-c6ccc7ccccc7c6)nc6ccccc65)cc4)c4ccccc4c(-c4ccccc4)c3c2)cc1. The molecule has 0 amide bonds. The van der Waals surface area contributed by atoms with Gasteiger partial charge in [-0.25, -0.2) is 4.98 Å². The first kappa shape index (κ1) is 29.2. The lowest BCUT2D eigenvalue weighted by Gasteiger charge is -2.19. The second kappa shape index (κ2) is 12.0. The van der Waals surface area contributed by atoms with Gasteiger partial charge in [0.25, 0.3) is 0 Å². The average molecular weight is 649 g/mol. The van der Waals surface area contributed by atoms with E-state index in [1.165, 1.54) is 65.7 Å². The van der Waals surface area contributed by atoms with Gasteiger partial charge in [-0.15, -0.1) is 0 Å². The predicted molar refractivity (Wildman–Crippen MR) is 215 cm³/mol. The highest BCUT2D eigenvalue weighted by atomic mass is 15.1. The van der Waals surface area contributed by atoms with Crippen molar-refractivity contribution in [2.75, 3.05) is 0 Å². The summed E-state index contributed by atoms with van der Waals surface area (Å²) in [5.41, 5.74) is 11.6. The maximum absolute atomic E-state index is 5.16. The molecule has 0 fully saturated rings. The van der Waals surface area contributed by atoms with Gasteiger partial charge < -0.3 is 0 Å². The van der Waals surface area contributed by atoms with Gasteiger partial charge in [0.2, 0.25) is 0 Å². The summed E-state index contributed by atoms with van der Waals surface area (Å²) in [5.74, 6) is 0.936. The minimum absolute atomic E-state index is 0.936. The number of para-hydroxylation sites is 2. The van der Waals surface area contributed by atoms with Crippen LogP contribution in [-0.4, -0.2) is 9.55 Å². The predicted octanol–water partition coefficient (Wildman–Crippen LogP) is 13.2. The summed E-state index contributed by atoms with van der Waals surface area (Å²) >= 11 is 0. The minimum Gasteiger partial charge on any atom is -0.292 e. The first-order chi connectivity index (χ1) is 25.3. The summed E-state index contributed by atoms with van der Waals surface area (Å²) in [5, 5.41) is 7.41. The molecule has 10 aromatic rings. The summed E-state index contributed by atoms with van der Waals surface area (Å²) in [6.07, 6.45) is 0. The van der Waals surface area contributed by atoms with Gasteiger partial charge in [-0.1, -0.05) is 158 Å². The van der Waals surface area contributed by atoms with Gasteiger partial charge >= 0.3 is 0 Å². The highest BCUT2D eigenvalue weighted by Crippen LogP contribution is 2.45. The van der Waals surface area contributed by atoms with Crippen LogP contribution in [0, 0.1) is 0 Å². The largest absolute Gasteiger partial charge is 0.292 e. The lowest BCUT2D eigenvalue weighted by molar-refractivity contribution is 1.10. The Bertz CT molecular complexity index is 2880. The van der Waals surface area contributed by atoms with Crippen LogP contribution >= 0.6 is 0 Å². The van der Waals surface area contributed by atoms with Gasteiger partial charge in [0.05, 0.1) is 11.0 Å². The fraction of sp³-hybridized carbons (Fsp3) is 0. The van der Waals surface area contributed by atoms with E-state index in [2.05, 4.69) is 199 Å². The lowest BCUT2D eigenvalue weighted by atomic mass is 9.85. The van der Waals surface area contributed by atoms with Crippen LogP contribution < -0.4 is 0 Å². The summed E-state index contributed by atoms with van der Waals surface area (Å²) in [6, 6.07) is 69.9. The van der Waals surface area contributed by atoms with E-state index in [9.17, 15) is 0 Å². The zero-order valence-corrected chi connectivity index (χ0v) is 27.9. The molecule has 238 valence electrons. The number of hydrogen-bond acceptors (Lipinski definition) is 1. The Morgan fingerprint density at radius 1 is 0.333 bits per heavy atom. The van der Waals surface area contributed by atoms with E-state index in [-0.39, 0.29) is 0 Å². The van der Waals surface area contributed by atoms with Gasteiger partial charge in [-0.05, 0) is 102 Å². The number of benzene rings is 9. The van der Waals surface area contributed by atoms with E-state index in [1.807, 2.05) is 0 Å². The lowest BCUT2D eigenvalue weighted by Crippen LogP contribution is -1.98. The third-order valence-corrected chi connectivity index (χ3v) is 10.2. The van der Waals surface area contributed by atoms with Crippen molar-refractivity contribution in [3.63, 3.8) is 0 Å². The Kier molecular flexibility index (Phi) is 6.85. The normalized spacial score (nSPS) is 11.5. The molecule has 0 aliphatic heterocycles. The molecule has 0 aliphatic rings.